The molecule has 4 nitrogen and oxygen atoms in total. The van der Waals surface area contributed by atoms with E-state index in [1.807, 2.05) is 25.1 Å². The average molecular weight is 335 g/mol. The van der Waals surface area contributed by atoms with Gasteiger partial charge in [0, 0.05) is 23.3 Å². The molecule has 5 heteroatoms. The van der Waals surface area contributed by atoms with E-state index >= 15 is 0 Å². The quantitative estimate of drug-likeness (QED) is 0.934. The molecule has 0 bridgehead atoms. The SMILES string of the molecule is COc1cc(CNC(=O)c2cccc(C)c2Br)ccn1. The first kappa shape index (κ1) is 14.5. The Balaban J connectivity index is 2.06. The summed E-state index contributed by atoms with van der Waals surface area (Å²) in [6.07, 6.45) is 1.66. The van der Waals surface area contributed by atoms with Gasteiger partial charge < -0.3 is 10.1 Å². The fourth-order valence-corrected chi connectivity index (χ4v) is 2.22. The van der Waals surface area contributed by atoms with Crippen molar-refractivity contribution in [2.75, 3.05) is 7.11 Å². The first-order valence-electron chi connectivity index (χ1n) is 6.14. The number of methoxy groups -OCH3 is 1. The molecule has 0 aliphatic rings. The van der Waals surface area contributed by atoms with Gasteiger partial charge in [-0.2, -0.15) is 0 Å². The largest absolute Gasteiger partial charge is 0.481 e. The van der Waals surface area contributed by atoms with Crippen molar-refractivity contribution in [3.63, 3.8) is 0 Å². The lowest BCUT2D eigenvalue weighted by molar-refractivity contribution is 0.0950. The minimum Gasteiger partial charge on any atom is -0.481 e. The van der Waals surface area contributed by atoms with E-state index < -0.39 is 0 Å². The number of halogens is 1. The van der Waals surface area contributed by atoms with Crippen LogP contribution in [0.3, 0.4) is 0 Å². The van der Waals surface area contributed by atoms with Crippen LogP contribution in [-0.4, -0.2) is 18.0 Å². The highest BCUT2D eigenvalue weighted by molar-refractivity contribution is 9.10. The zero-order valence-corrected chi connectivity index (χ0v) is 12.9. The minimum absolute atomic E-state index is 0.114. The molecule has 1 aromatic heterocycles. The fraction of sp³-hybridized carbons (Fsp3) is 0.200. The highest BCUT2D eigenvalue weighted by atomic mass is 79.9. The van der Waals surface area contributed by atoms with Crippen molar-refractivity contribution in [1.82, 2.24) is 10.3 Å². The number of aryl methyl sites for hydroxylation is 1. The van der Waals surface area contributed by atoms with Gasteiger partial charge in [0.2, 0.25) is 5.88 Å². The molecule has 0 aliphatic heterocycles. The lowest BCUT2D eigenvalue weighted by Gasteiger charge is -2.09. The van der Waals surface area contributed by atoms with Gasteiger partial charge in [-0.1, -0.05) is 12.1 Å². The third-order valence-electron chi connectivity index (χ3n) is 2.90. The third kappa shape index (κ3) is 3.36. The number of carbonyl (C=O) groups excluding carboxylic acids is 1. The van der Waals surface area contributed by atoms with Crippen molar-refractivity contribution in [2.24, 2.45) is 0 Å². The Bertz CT molecular complexity index is 629. The predicted octanol–water partition coefficient (Wildman–Crippen LogP) is 3.09. The van der Waals surface area contributed by atoms with E-state index in [0.29, 0.717) is 18.0 Å². The fourth-order valence-electron chi connectivity index (χ4n) is 1.77. The highest BCUT2D eigenvalue weighted by Crippen LogP contribution is 2.21. The van der Waals surface area contributed by atoms with E-state index in [1.54, 1.807) is 25.4 Å². The summed E-state index contributed by atoms with van der Waals surface area (Å²) < 4.78 is 5.87. The van der Waals surface area contributed by atoms with E-state index in [4.69, 9.17) is 4.74 Å². The van der Waals surface area contributed by atoms with Crippen LogP contribution in [-0.2, 0) is 6.54 Å². The Morgan fingerprint density at radius 3 is 2.95 bits per heavy atom. The molecule has 2 rings (SSSR count). The number of nitrogens with zero attached hydrogens (tertiary/aromatic N) is 1. The maximum atomic E-state index is 12.2. The van der Waals surface area contributed by atoms with Crippen molar-refractivity contribution in [2.45, 2.75) is 13.5 Å². The van der Waals surface area contributed by atoms with E-state index in [2.05, 4.69) is 26.2 Å². The number of pyridine rings is 1. The molecule has 0 aliphatic carbocycles. The normalized spacial score (nSPS) is 10.2. The number of ether oxygens (including phenoxy) is 1. The number of carbonyl (C=O) groups is 1. The van der Waals surface area contributed by atoms with Gasteiger partial charge >= 0.3 is 0 Å². The molecule has 1 aromatic carbocycles. The average Bonchev–Trinajstić information content (AvgIpc) is 2.48. The van der Waals surface area contributed by atoms with Crippen molar-refractivity contribution < 1.29 is 9.53 Å². The summed E-state index contributed by atoms with van der Waals surface area (Å²) in [5.74, 6) is 0.421. The van der Waals surface area contributed by atoms with Gasteiger partial charge in [0.25, 0.3) is 5.91 Å². The Kier molecular flexibility index (Phi) is 4.74. The molecule has 2 aromatic rings. The molecular weight excluding hydrogens is 320 g/mol. The lowest BCUT2D eigenvalue weighted by Crippen LogP contribution is -2.23. The van der Waals surface area contributed by atoms with Crippen LogP contribution in [0.1, 0.15) is 21.5 Å². The molecule has 0 saturated heterocycles. The zero-order chi connectivity index (χ0) is 14.5. The number of nitrogens with one attached hydrogen (secondary N) is 1. The standard InChI is InChI=1S/C15H15BrN2O2/c1-10-4-3-5-12(14(10)16)15(19)18-9-11-6-7-17-13(8-11)20-2/h3-8H,9H2,1-2H3,(H,18,19). The minimum atomic E-state index is -0.114. The van der Waals surface area contributed by atoms with Crippen LogP contribution in [0, 0.1) is 6.92 Å². The second-order valence-electron chi connectivity index (χ2n) is 4.33. The zero-order valence-electron chi connectivity index (χ0n) is 11.3. The van der Waals surface area contributed by atoms with E-state index in [1.165, 1.54) is 0 Å². The molecule has 0 atom stereocenters. The number of aromatic nitrogens is 1. The van der Waals surface area contributed by atoms with E-state index in [0.717, 1.165) is 15.6 Å². The molecule has 0 saturated carbocycles. The summed E-state index contributed by atoms with van der Waals surface area (Å²) in [5.41, 5.74) is 2.60. The molecule has 1 amide bonds. The van der Waals surface area contributed by atoms with Crippen molar-refractivity contribution in [3.8, 4) is 5.88 Å². The first-order valence-corrected chi connectivity index (χ1v) is 6.93. The van der Waals surface area contributed by atoms with Gasteiger partial charge in [0.15, 0.2) is 0 Å². The van der Waals surface area contributed by atoms with Crippen molar-refractivity contribution in [1.29, 1.82) is 0 Å². The summed E-state index contributed by atoms with van der Waals surface area (Å²) in [5, 5.41) is 2.88. The predicted molar refractivity (Wildman–Crippen MR) is 80.8 cm³/mol. The van der Waals surface area contributed by atoms with Crippen molar-refractivity contribution in [3.05, 3.63) is 57.7 Å². The molecule has 0 fully saturated rings. The summed E-state index contributed by atoms with van der Waals surface area (Å²) in [6, 6.07) is 9.25. The van der Waals surface area contributed by atoms with Crippen LogP contribution in [0.15, 0.2) is 41.0 Å². The smallest absolute Gasteiger partial charge is 0.252 e. The molecule has 0 unspecified atom stereocenters. The van der Waals surface area contributed by atoms with Crippen LogP contribution in [0.2, 0.25) is 0 Å². The summed E-state index contributed by atoms with van der Waals surface area (Å²) in [4.78, 5) is 16.2. The summed E-state index contributed by atoms with van der Waals surface area (Å²) in [6.45, 7) is 2.38. The van der Waals surface area contributed by atoms with E-state index in [-0.39, 0.29) is 5.91 Å². The molecule has 1 heterocycles. The Morgan fingerprint density at radius 1 is 1.40 bits per heavy atom. The number of amides is 1. The van der Waals surface area contributed by atoms with Crippen LogP contribution >= 0.6 is 15.9 Å². The van der Waals surface area contributed by atoms with Gasteiger partial charge in [0.1, 0.15) is 0 Å². The molecular formula is C15H15BrN2O2. The number of hydrogen-bond acceptors (Lipinski definition) is 3. The van der Waals surface area contributed by atoms with Crippen molar-refractivity contribution >= 4 is 21.8 Å². The second kappa shape index (κ2) is 6.52. The van der Waals surface area contributed by atoms with Gasteiger partial charge in [-0.15, -0.1) is 0 Å². The second-order valence-corrected chi connectivity index (χ2v) is 5.12. The summed E-state index contributed by atoms with van der Waals surface area (Å²) in [7, 11) is 1.56. The van der Waals surface area contributed by atoms with Crippen LogP contribution < -0.4 is 10.1 Å². The van der Waals surface area contributed by atoms with Crippen LogP contribution in [0.5, 0.6) is 5.88 Å². The number of benzene rings is 1. The third-order valence-corrected chi connectivity index (χ3v) is 3.95. The monoisotopic (exact) mass is 334 g/mol. The topological polar surface area (TPSA) is 51.2 Å². The molecule has 0 spiro atoms. The maximum Gasteiger partial charge on any atom is 0.252 e. The highest BCUT2D eigenvalue weighted by Gasteiger charge is 2.10. The number of hydrogen-bond donors (Lipinski definition) is 1. The number of rotatable bonds is 4. The first-order chi connectivity index (χ1) is 9.61. The van der Waals surface area contributed by atoms with E-state index in [9.17, 15) is 4.79 Å². The Morgan fingerprint density at radius 2 is 2.20 bits per heavy atom. The lowest BCUT2D eigenvalue weighted by atomic mass is 10.1. The molecule has 0 radical (unpaired) electrons. The van der Waals surface area contributed by atoms with Gasteiger partial charge in [-0.25, -0.2) is 4.98 Å². The maximum absolute atomic E-state index is 12.2. The molecule has 104 valence electrons. The Hall–Kier alpha value is -1.88. The molecule has 20 heavy (non-hydrogen) atoms. The Labute approximate surface area is 126 Å². The summed E-state index contributed by atoms with van der Waals surface area (Å²) >= 11 is 3.44. The molecule has 1 N–H and O–H groups in total. The van der Waals surface area contributed by atoms with Gasteiger partial charge in [0.05, 0.1) is 12.7 Å². The van der Waals surface area contributed by atoms with Gasteiger partial charge in [-0.3, -0.25) is 4.79 Å². The van der Waals surface area contributed by atoms with Crippen LogP contribution in [0.25, 0.3) is 0 Å². The van der Waals surface area contributed by atoms with Crippen LogP contribution in [0.4, 0.5) is 0 Å². The van der Waals surface area contributed by atoms with Gasteiger partial charge in [-0.05, 0) is 46.1 Å².